The Kier molecular flexibility index (Phi) is 8.99. The minimum Gasteiger partial charge on any atom is -0.349 e. The molecule has 0 radical (unpaired) electrons. The van der Waals surface area contributed by atoms with E-state index < -0.39 is 21.4 Å². The molecule has 2 aliphatic heterocycles. The Labute approximate surface area is 223 Å². The number of carbonyl (C=O) groups is 3. The molecule has 2 saturated heterocycles. The molecule has 37 heavy (non-hydrogen) atoms. The Morgan fingerprint density at radius 2 is 1.68 bits per heavy atom. The number of likely N-dealkylation sites (tertiary alicyclic amines) is 1. The first-order valence-electron chi connectivity index (χ1n) is 12.0. The summed E-state index contributed by atoms with van der Waals surface area (Å²) in [6.07, 6.45) is 2.90. The van der Waals surface area contributed by atoms with Crippen LogP contribution < -0.4 is 10.6 Å². The minimum atomic E-state index is -3.31. The number of piperidine rings is 1. The highest BCUT2D eigenvalue weighted by Gasteiger charge is 2.52. The minimum absolute atomic E-state index is 0. The summed E-state index contributed by atoms with van der Waals surface area (Å²) in [6.45, 7) is 3.68. The number of carbonyl (C=O) groups excluding carboxylic acids is 3. The average molecular weight is 549 g/mol. The van der Waals surface area contributed by atoms with Crippen LogP contribution in [0, 0.1) is 0 Å². The maximum Gasteiger partial charge on any atom is 0.325 e. The Morgan fingerprint density at radius 3 is 2.24 bits per heavy atom. The molecular weight excluding hydrogens is 516 g/mol. The summed E-state index contributed by atoms with van der Waals surface area (Å²) in [5.41, 5.74) is 0.835. The molecule has 2 aromatic rings. The zero-order chi connectivity index (χ0) is 25.9. The number of sulfone groups is 1. The fourth-order valence-electron chi connectivity index (χ4n) is 4.91. The highest BCUT2D eigenvalue weighted by atomic mass is 35.5. The number of benzene rings is 2. The van der Waals surface area contributed by atoms with Crippen molar-refractivity contribution in [3.8, 4) is 0 Å². The molecule has 1 spiro atoms. The lowest BCUT2D eigenvalue weighted by Crippen LogP contribution is -2.55. The maximum absolute atomic E-state index is 13.3. The average Bonchev–Trinajstić information content (AvgIpc) is 3.07. The predicted octanol–water partition coefficient (Wildman–Crippen LogP) is 2.67. The standard InChI is InChI=1S/C26H32N4O5S.ClH/c1-19(31)27-23(21-6-4-3-5-7-21)12-15-29-16-13-26(14-17-29)24(32)30(25(33)28-26)18-20-8-10-22(11-9-20)36(2,34)35;/h3-11,23H,12-18H2,1-2H3,(H,27,31)(H,28,33);1H/t23-;/m0./s1. The second-order valence-corrected chi connectivity index (χ2v) is 11.6. The summed E-state index contributed by atoms with van der Waals surface area (Å²) in [7, 11) is -3.31. The van der Waals surface area contributed by atoms with Gasteiger partial charge < -0.3 is 15.5 Å². The summed E-state index contributed by atoms with van der Waals surface area (Å²) in [4.78, 5) is 41.3. The van der Waals surface area contributed by atoms with Crippen LogP contribution >= 0.6 is 12.4 Å². The van der Waals surface area contributed by atoms with Crippen molar-refractivity contribution < 1.29 is 22.8 Å². The monoisotopic (exact) mass is 548 g/mol. The molecule has 2 aliphatic rings. The largest absolute Gasteiger partial charge is 0.349 e. The van der Waals surface area contributed by atoms with Gasteiger partial charge in [-0.2, -0.15) is 0 Å². The van der Waals surface area contributed by atoms with E-state index in [-0.39, 0.29) is 41.7 Å². The van der Waals surface area contributed by atoms with Crippen LogP contribution in [0.4, 0.5) is 4.79 Å². The number of imide groups is 1. The lowest BCUT2D eigenvalue weighted by molar-refractivity contribution is -0.133. The summed E-state index contributed by atoms with van der Waals surface area (Å²) in [5.74, 6) is -0.313. The molecule has 0 aliphatic carbocycles. The van der Waals surface area contributed by atoms with Gasteiger partial charge in [-0.25, -0.2) is 13.2 Å². The normalized spacial score (nSPS) is 18.3. The number of hydrogen-bond acceptors (Lipinski definition) is 6. The topological polar surface area (TPSA) is 116 Å². The number of nitrogens with one attached hydrogen (secondary N) is 2. The lowest BCUT2D eigenvalue weighted by Gasteiger charge is -2.37. The van der Waals surface area contributed by atoms with Gasteiger partial charge in [0.15, 0.2) is 9.84 Å². The molecule has 2 aromatic carbocycles. The van der Waals surface area contributed by atoms with Crippen molar-refractivity contribution >= 4 is 40.1 Å². The van der Waals surface area contributed by atoms with E-state index >= 15 is 0 Å². The Hall–Kier alpha value is -2.95. The van der Waals surface area contributed by atoms with Gasteiger partial charge in [-0.05, 0) is 42.5 Å². The van der Waals surface area contributed by atoms with Gasteiger partial charge in [-0.3, -0.25) is 14.5 Å². The third-order valence-electron chi connectivity index (χ3n) is 6.96. The molecule has 4 rings (SSSR count). The van der Waals surface area contributed by atoms with Crippen molar-refractivity contribution in [1.82, 2.24) is 20.4 Å². The third kappa shape index (κ3) is 6.68. The molecule has 200 valence electrons. The molecule has 2 fully saturated rings. The first-order valence-corrected chi connectivity index (χ1v) is 13.9. The van der Waals surface area contributed by atoms with Gasteiger partial charge in [-0.15, -0.1) is 12.4 Å². The van der Waals surface area contributed by atoms with Crippen molar-refractivity contribution in [2.24, 2.45) is 0 Å². The van der Waals surface area contributed by atoms with E-state index in [9.17, 15) is 22.8 Å². The fourth-order valence-corrected chi connectivity index (χ4v) is 5.54. The summed E-state index contributed by atoms with van der Waals surface area (Å²) < 4.78 is 23.3. The number of halogens is 1. The van der Waals surface area contributed by atoms with Crippen LogP contribution in [0.5, 0.6) is 0 Å². The Bertz CT molecular complexity index is 1230. The second-order valence-electron chi connectivity index (χ2n) is 9.61. The van der Waals surface area contributed by atoms with Gasteiger partial charge in [0.1, 0.15) is 5.54 Å². The molecule has 2 heterocycles. The van der Waals surface area contributed by atoms with Crippen molar-refractivity contribution in [2.75, 3.05) is 25.9 Å². The van der Waals surface area contributed by atoms with Crippen LogP contribution in [0.25, 0.3) is 0 Å². The molecule has 0 unspecified atom stereocenters. The van der Waals surface area contributed by atoms with Gasteiger partial charge in [0.2, 0.25) is 5.91 Å². The molecule has 9 nitrogen and oxygen atoms in total. The highest BCUT2D eigenvalue weighted by Crippen LogP contribution is 2.31. The molecule has 0 aromatic heterocycles. The first-order chi connectivity index (χ1) is 17.1. The van der Waals surface area contributed by atoms with Crippen molar-refractivity contribution in [3.63, 3.8) is 0 Å². The van der Waals surface area contributed by atoms with E-state index in [1.54, 1.807) is 12.1 Å². The maximum atomic E-state index is 13.3. The summed E-state index contributed by atoms with van der Waals surface area (Å²) in [5, 5.41) is 5.94. The molecule has 4 amide bonds. The smallest absolute Gasteiger partial charge is 0.325 e. The van der Waals surface area contributed by atoms with E-state index in [1.807, 2.05) is 30.3 Å². The van der Waals surface area contributed by atoms with E-state index in [1.165, 1.54) is 24.0 Å². The summed E-state index contributed by atoms with van der Waals surface area (Å²) >= 11 is 0. The van der Waals surface area contributed by atoms with Crippen LogP contribution in [-0.2, 0) is 26.0 Å². The first kappa shape index (κ1) is 28.6. The molecule has 0 saturated carbocycles. The van der Waals surface area contributed by atoms with Crippen LogP contribution in [-0.4, -0.2) is 67.5 Å². The zero-order valence-electron chi connectivity index (χ0n) is 21.0. The molecule has 11 heteroatoms. The zero-order valence-corrected chi connectivity index (χ0v) is 22.6. The van der Waals surface area contributed by atoms with Crippen molar-refractivity contribution in [1.29, 1.82) is 0 Å². The fraction of sp³-hybridized carbons (Fsp3) is 0.423. The van der Waals surface area contributed by atoms with Gasteiger partial charge in [0.25, 0.3) is 5.91 Å². The molecule has 1 atom stereocenters. The van der Waals surface area contributed by atoms with E-state index in [0.29, 0.717) is 31.5 Å². The Balaban J connectivity index is 0.00000380. The number of urea groups is 1. The van der Waals surface area contributed by atoms with Crippen molar-refractivity contribution in [2.45, 2.75) is 49.2 Å². The highest BCUT2D eigenvalue weighted by molar-refractivity contribution is 7.90. The van der Waals surface area contributed by atoms with E-state index in [2.05, 4.69) is 15.5 Å². The molecule has 0 bridgehead atoms. The van der Waals surface area contributed by atoms with Crippen molar-refractivity contribution in [3.05, 3.63) is 65.7 Å². The third-order valence-corrected chi connectivity index (χ3v) is 8.09. The number of nitrogens with zero attached hydrogens (tertiary/aromatic N) is 2. The van der Waals surface area contributed by atoms with E-state index in [4.69, 9.17) is 0 Å². The van der Waals surface area contributed by atoms with Gasteiger partial charge >= 0.3 is 6.03 Å². The van der Waals surface area contributed by atoms with Gasteiger partial charge in [-0.1, -0.05) is 42.5 Å². The molecule has 2 N–H and O–H groups in total. The number of amides is 4. The van der Waals surface area contributed by atoms with Crippen LogP contribution in [0.3, 0.4) is 0 Å². The summed E-state index contributed by atoms with van der Waals surface area (Å²) in [6, 6.07) is 15.6. The quantitative estimate of drug-likeness (QED) is 0.490. The van der Waals surface area contributed by atoms with Crippen LogP contribution in [0.15, 0.2) is 59.5 Å². The number of rotatable bonds is 8. The van der Waals surface area contributed by atoms with E-state index in [0.717, 1.165) is 24.8 Å². The van der Waals surface area contributed by atoms with Crippen LogP contribution in [0.2, 0.25) is 0 Å². The number of hydrogen-bond donors (Lipinski definition) is 2. The van der Waals surface area contributed by atoms with Gasteiger partial charge in [0.05, 0.1) is 17.5 Å². The SMILES string of the molecule is CC(=O)N[C@@H](CCN1CCC2(CC1)NC(=O)N(Cc1ccc(S(C)(=O)=O)cc1)C2=O)c1ccccc1.Cl. The van der Waals surface area contributed by atoms with Crippen LogP contribution in [0.1, 0.15) is 43.4 Å². The lowest BCUT2D eigenvalue weighted by atomic mass is 9.87. The Morgan fingerprint density at radius 1 is 1.05 bits per heavy atom. The van der Waals surface area contributed by atoms with Gasteiger partial charge in [0, 0.05) is 32.8 Å². The predicted molar refractivity (Wildman–Crippen MR) is 142 cm³/mol. The molecular formula is C26H33ClN4O5S. The second kappa shape index (κ2) is 11.6.